The molecule has 0 bridgehead atoms. The van der Waals surface area contributed by atoms with E-state index in [1.54, 1.807) is 0 Å². The van der Waals surface area contributed by atoms with Gasteiger partial charge in [-0.25, -0.2) is 0 Å². The minimum absolute atomic E-state index is 0.277. The molecule has 0 amide bonds. The summed E-state index contributed by atoms with van der Waals surface area (Å²) >= 11 is 0. The van der Waals surface area contributed by atoms with E-state index in [4.69, 9.17) is 9.47 Å². The molecule has 1 fully saturated rings. The molecule has 2 unspecified atom stereocenters. The van der Waals surface area contributed by atoms with Crippen LogP contribution in [0.15, 0.2) is 18.2 Å². The summed E-state index contributed by atoms with van der Waals surface area (Å²) in [6, 6.07) is 5.69. The third-order valence-corrected chi connectivity index (χ3v) is 4.16. The Morgan fingerprint density at radius 2 is 2.21 bits per heavy atom. The molecular weight excluding hydrogens is 242 g/mol. The average molecular weight is 263 g/mol. The van der Waals surface area contributed by atoms with Crippen LogP contribution < -0.4 is 9.47 Å². The van der Waals surface area contributed by atoms with Crippen molar-refractivity contribution in [3.8, 4) is 11.5 Å². The first kappa shape index (κ1) is 12.8. The number of nitrogens with zero attached hydrogens (tertiary/aromatic N) is 1. The highest BCUT2D eigenvalue weighted by atomic mass is 16.7. The maximum Gasteiger partial charge on any atom is 0.231 e. The van der Waals surface area contributed by atoms with Crippen LogP contribution in [0.5, 0.6) is 11.5 Å². The van der Waals surface area contributed by atoms with E-state index in [1.165, 1.54) is 12.8 Å². The van der Waals surface area contributed by atoms with Crippen molar-refractivity contribution in [3.05, 3.63) is 23.8 Å². The zero-order valence-electron chi connectivity index (χ0n) is 11.3. The Morgan fingerprint density at radius 1 is 1.37 bits per heavy atom. The fourth-order valence-electron chi connectivity index (χ4n) is 2.88. The third-order valence-electron chi connectivity index (χ3n) is 4.16. The van der Waals surface area contributed by atoms with E-state index in [9.17, 15) is 5.11 Å². The quantitative estimate of drug-likeness (QED) is 0.904. The van der Waals surface area contributed by atoms with Crippen molar-refractivity contribution in [3.63, 3.8) is 0 Å². The first-order valence-corrected chi connectivity index (χ1v) is 7.06. The lowest BCUT2D eigenvalue weighted by Gasteiger charge is -2.20. The molecule has 0 aliphatic carbocycles. The van der Waals surface area contributed by atoms with E-state index in [1.807, 2.05) is 18.2 Å². The van der Waals surface area contributed by atoms with Crippen LogP contribution in [0.4, 0.5) is 0 Å². The number of aliphatic hydroxyl groups is 1. The Morgan fingerprint density at radius 3 is 3.00 bits per heavy atom. The van der Waals surface area contributed by atoms with Gasteiger partial charge in [0.05, 0.1) is 6.10 Å². The molecule has 3 rings (SSSR count). The monoisotopic (exact) mass is 263 g/mol. The number of β-amino-alcohol motifs (C(OH)–C–C–N with tert-alkyl or cyclic N) is 1. The van der Waals surface area contributed by atoms with Gasteiger partial charge in [0.2, 0.25) is 6.79 Å². The van der Waals surface area contributed by atoms with Crippen LogP contribution in [0, 0.1) is 5.92 Å². The van der Waals surface area contributed by atoms with Gasteiger partial charge in [-0.15, -0.1) is 0 Å². The number of benzene rings is 1. The van der Waals surface area contributed by atoms with Crippen LogP contribution in [0.2, 0.25) is 0 Å². The number of rotatable bonds is 4. The van der Waals surface area contributed by atoms with Crippen molar-refractivity contribution in [2.75, 3.05) is 26.4 Å². The van der Waals surface area contributed by atoms with Gasteiger partial charge in [-0.3, -0.25) is 0 Å². The maximum atomic E-state index is 10.3. The molecule has 1 N–H and O–H groups in total. The van der Waals surface area contributed by atoms with Crippen LogP contribution in [0.3, 0.4) is 0 Å². The van der Waals surface area contributed by atoms with Crippen LogP contribution in [0.25, 0.3) is 0 Å². The van der Waals surface area contributed by atoms with Gasteiger partial charge in [-0.1, -0.05) is 19.4 Å². The van der Waals surface area contributed by atoms with Crippen LogP contribution in [-0.2, 0) is 0 Å². The molecule has 4 nitrogen and oxygen atoms in total. The Bertz CT molecular complexity index is 449. The molecule has 2 aliphatic rings. The molecule has 0 aromatic heterocycles. The van der Waals surface area contributed by atoms with Gasteiger partial charge in [0.1, 0.15) is 0 Å². The van der Waals surface area contributed by atoms with Crippen molar-refractivity contribution in [2.45, 2.75) is 25.9 Å². The lowest BCUT2D eigenvalue weighted by Crippen LogP contribution is -2.26. The van der Waals surface area contributed by atoms with E-state index in [0.717, 1.165) is 36.1 Å². The topological polar surface area (TPSA) is 41.9 Å². The molecule has 0 spiro atoms. The number of fused-ring (bicyclic) bond motifs is 1. The number of ether oxygens (including phenoxy) is 2. The molecule has 0 radical (unpaired) electrons. The van der Waals surface area contributed by atoms with Gasteiger partial charge in [0.15, 0.2) is 11.5 Å². The van der Waals surface area contributed by atoms with Crippen LogP contribution in [0.1, 0.15) is 31.4 Å². The van der Waals surface area contributed by atoms with Gasteiger partial charge in [0, 0.05) is 13.1 Å². The number of hydrogen-bond acceptors (Lipinski definition) is 4. The standard InChI is InChI=1S/C15H21NO3/c1-2-11-5-6-16(8-11)9-13(17)12-3-4-14-15(7-12)19-10-18-14/h3-4,7,11,13,17H,2,5-6,8-10H2,1H3. The lowest BCUT2D eigenvalue weighted by molar-refractivity contribution is 0.123. The van der Waals surface area contributed by atoms with E-state index in [0.29, 0.717) is 6.54 Å². The number of hydrogen-bond donors (Lipinski definition) is 1. The summed E-state index contributed by atoms with van der Waals surface area (Å²) in [5.41, 5.74) is 0.907. The van der Waals surface area contributed by atoms with Crippen molar-refractivity contribution >= 4 is 0 Å². The minimum atomic E-state index is -0.454. The van der Waals surface area contributed by atoms with Crippen LogP contribution >= 0.6 is 0 Å². The molecule has 1 saturated heterocycles. The Labute approximate surface area is 113 Å². The van der Waals surface area contributed by atoms with Gasteiger partial charge in [0.25, 0.3) is 0 Å². The molecule has 1 aromatic rings. The predicted molar refractivity (Wildman–Crippen MR) is 72.4 cm³/mol. The predicted octanol–water partition coefficient (Wildman–Crippen LogP) is 2.18. The fraction of sp³-hybridized carbons (Fsp3) is 0.600. The highest BCUT2D eigenvalue weighted by molar-refractivity contribution is 5.45. The summed E-state index contributed by atoms with van der Waals surface area (Å²) in [6.45, 7) is 5.43. The first-order valence-electron chi connectivity index (χ1n) is 7.06. The second kappa shape index (κ2) is 5.39. The molecule has 4 heteroatoms. The Balaban J connectivity index is 1.62. The summed E-state index contributed by atoms with van der Waals surface area (Å²) in [5, 5.41) is 10.3. The maximum absolute atomic E-state index is 10.3. The summed E-state index contributed by atoms with van der Waals surface area (Å²) in [5.74, 6) is 2.30. The molecule has 2 atom stereocenters. The molecular formula is C15H21NO3. The number of aliphatic hydroxyl groups excluding tert-OH is 1. The van der Waals surface area contributed by atoms with Gasteiger partial charge in [-0.05, 0) is 36.6 Å². The van der Waals surface area contributed by atoms with Gasteiger partial charge >= 0.3 is 0 Å². The largest absolute Gasteiger partial charge is 0.454 e. The summed E-state index contributed by atoms with van der Waals surface area (Å²) < 4.78 is 10.6. The second-order valence-electron chi connectivity index (χ2n) is 5.45. The minimum Gasteiger partial charge on any atom is -0.454 e. The zero-order chi connectivity index (χ0) is 13.2. The van der Waals surface area contributed by atoms with Gasteiger partial charge < -0.3 is 19.5 Å². The Hall–Kier alpha value is -1.26. The summed E-state index contributed by atoms with van der Waals surface area (Å²) in [4.78, 5) is 2.35. The SMILES string of the molecule is CCC1CCN(CC(O)c2ccc3c(c2)OCO3)C1. The van der Waals surface area contributed by atoms with Crippen molar-refractivity contribution in [1.29, 1.82) is 0 Å². The molecule has 0 saturated carbocycles. The lowest BCUT2D eigenvalue weighted by atomic mass is 10.1. The average Bonchev–Trinajstić information content (AvgIpc) is 3.05. The van der Waals surface area contributed by atoms with Gasteiger partial charge in [-0.2, -0.15) is 0 Å². The molecule has 1 aromatic carbocycles. The van der Waals surface area contributed by atoms with E-state index in [-0.39, 0.29) is 6.79 Å². The molecule has 104 valence electrons. The van der Waals surface area contributed by atoms with E-state index in [2.05, 4.69) is 11.8 Å². The van der Waals surface area contributed by atoms with Crippen LogP contribution in [-0.4, -0.2) is 36.4 Å². The van der Waals surface area contributed by atoms with Crippen molar-refractivity contribution in [1.82, 2.24) is 4.90 Å². The van der Waals surface area contributed by atoms with Crippen molar-refractivity contribution in [2.24, 2.45) is 5.92 Å². The smallest absolute Gasteiger partial charge is 0.231 e. The molecule has 2 aliphatic heterocycles. The second-order valence-corrected chi connectivity index (χ2v) is 5.45. The summed E-state index contributed by atoms with van der Waals surface area (Å²) in [6.07, 6.45) is 2.03. The van der Waals surface area contributed by atoms with E-state index >= 15 is 0 Å². The Kier molecular flexibility index (Phi) is 3.62. The third kappa shape index (κ3) is 2.69. The van der Waals surface area contributed by atoms with Crippen molar-refractivity contribution < 1.29 is 14.6 Å². The zero-order valence-corrected chi connectivity index (χ0v) is 11.3. The number of likely N-dealkylation sites (tertiary alicyclic amines) is 1. The summed E-state index contributed by atoms with van der Waals surface area (Å²) in [7, 11) is 0. The molecule has 19 heavy (non-hydrogen) atoms. The highest BCUT2D eigenvalue weighted by Gasteiger charge is 2.24. The molecule has 2 heterocycles. The van der Waals surface area contributed by atoms with E-state index < -0.39 is 6.10 Å². The first-order chi connectivity index (χ1) is 9.26. The highest BCUT2D eigenvalue weighted by Crippen LogP contribution is 2.34. The fourth-order valence-corrected chi connectivity index (χ4v) is 2.88. The normalized spacial score (nSPS) is 23.8.